The number of pyridine rings is 1. The van der Waals surface area contributed by atoms with Gasteiger partial charge in [0, 0.05) is 44.3 Å². The Morgan fingerprint density at radius 1 is 1.07 bits per heavy atom. The van der Waals surface area contributed by atoms with E-state index in [1.807, 2.05) is 24.8 Å². The van der Waals surface area contributed by atoms with Crippen molar-refractivity contribution >= 4 is 11.8 Å². The van der Waals surface area contributed by atoms with Crippen LogP contribution in [0.3, 0.4) is 0 Å². The lowest BCUT2D eigenvalue weighted by molar-refractivity contribution is -0.134. The average Bonchev–Trinajstić information content (AvgIpc) is 2.66. The van der Waals surface area contributed by atoms with Gasteiger partial charge in [0.15, 0.2) is 0 Å². The van der Waals surface area contributed by atoms with Gasteiger partial charge in [-0.2, -0.15) is 0 Å². The highest BCUT2D eigenvalue weighted by atomic mass is 16.5. The maximum Gasteiger partial charge on any atom is 0.263 e. The quantitative estimate of drug-likeness (QED) is 0.772. The summed E-state index contributed by atoms with van der Waals surface area (Å²) in [5.41, 5.74) is 6.69. The van der Waals surface area contributed by atoms with E-state index < -0.39 is 6.04 Å². The third-order valence-corrected chi connectivity index (χ3v) is 6.24. The zero-order chi connectivity index (χ0) is 20.9. The van der Waals surface area contributed by atoms with Gasteiger partial charge < -0.3 is 24.8 Å². The largest absolute Gasteiger partial charge is 0.372 e. The molecule has 3 aliphatic rings. The van der Waals surface area contributed by atoms with Crippen molar-refractivity contribution in [2.24, 2.45) is 11.7 Å². The molecule has 2 amide bonds. The average molecular weight is 402 g/mol. The number of fused-ring (bicyclic) bond motifs is 4. The predicted molar refractivity (Wildman–Crippen MR) is 108 cm³/mol. The number of ether oxygens (including phenoxy) is 1. The maximum atomic E-state index is 13.2. The SMILES string of the molecule is C[C@@H]1CN(C(=O)c2ccc3n(c2=O)C[C@H]2C[C@@H]3CN(C(=O)[C@H](C)N)C2)C[C@H](C)O1. The van der Waals surface area contributed by atoms with Crippen molar-refractivity contribution in [1.82, 2.24) is 14.4 Å². The van der Waals surface area contributed by atoms with E-state index in [-0.39, 0.29) is 47.0 Å². The van der Waals surface area contributed by atoms with E-state index in [0.29, 0.717) is 32.7 Å². The molecule has 1 aromatic heterocycles. The molecule has 0 aromatic carbocycles. The minimum Gasteiger partial charge on any atom is -0.372 e. The first kappa shape index (κ1) is 20.1. The van der Waals surface area contributed by atoms with Gasteiger partial charge >= 0.3 is 0 Å². The molecule has 158 valence electrons. The maximum absolute atomic E-state index is 13.2. The fraction of sp³-hybridized carbons (Fsp3) is 0.667. The third kappa shape index (κ3) is 3.71. The Bertz CT molecular complexity index is 870. The summed E-state index contributed by atoms with van der Waals surface area (Å²) in [4.78, 5) is 42.1. The van der Waals surface area contributed by atoms with Crippen LogP contribution < -0.4 is 11.3 Å². The summed E-state index contributed by atoms with van der Waals surface area (Å²) >= 11 is 0. The zero-order valence-electron chi connectivity index (χ0n) is 17.3. The fourth-order valence-corrected chi connectivity index (χ4v) is 5.09. The molecule has 2 fully saturated rings. The lowest BCUT2D eigenvalue weighted by Crippen LogP contribution is -2.53. The first-order valence-corrected chi connectivity index (χ1v) is 10.5. The number of rotatable bonds is 2. The zero-order valence-corrected chi connectivity index (χ0v) is 17.3. The summed E-state index contributed by atoms with van der Waals surface area (Å²) in [5.74, 6) is 0.0376. The highest BCUT2D eigenvalue weighted by molar-refractivity contribution is 5.94. The lowest BCUT2D eigenvalue weighted by Gasteiger charge is -2.43. The van der Waals surface area contributed by atoms with Crippen molar-refractivity contribution in [1.29, 1.82) is 0 Å². The Kier molecular flexibility index (Phi) is 5.25. The molecular weight excluding hydrogens is 372 g/mol. The van der Waals surface area contributed by atoms with Gasteiger partial charge in [0.25, 0.3) is 11.5 Å². The van der Waals surface area contributed by atoms with E-state index in [2.05, 4.69) is 0 Å². The van der Waals surface area contributed by atoms with Crippen LogP contribution in [-0.4, -0.2) is 70.6 Å². The van der Waals surface area contributed by atoms with Crippen LogP contribution in [0.15, 0.2) is 16.9 Å². The van der Waals surface area contributed by atoms with Gasteiger partial charge in [-0.25, -0.2) is 0 Å². The first-order chi connectivity index (χ1) is 13.7. The molecule has 0 unspecified atom stereocenters. The summed E-state index contributed by atoms with van der Waals surface area (Å²) in [6, 6.07) is 3.03. The molecular formula is C21H30N4O4. The summed E-state index contributed by atoms with van der Waals surface area (Å²) < 4.78 is 7.46. The Balaban J connectivity index is 1.60. The predicted octanol–water partition coefficient (Wildman–Crippen LogP) is 0.391. The normalized spacial score (nSPS) is 29.9. The summed E-state index contributed by atoms with van der Waals surface area (Å²) in [5, 5.41) is 0. The summed E-state index contributed by atoms with van der Waals surface area (Å²) in [7, 11) is 0. The monoisotopic (exact) mass is 402 g/mol. The minimum absolute atomic E-state index is 0.0437. The number of hydrogen-bond donors (Lipinski definition) is 1. The van der Waals surface area contributed by atoms with E-state index in [9.17, 15) is 14.4 Å². The van der Waals surface area contributed by atoms with Crippen molar-refractivity contribution in [2.75, 3.05) is 26.2 Å². The molecule has 2 bridgehead atoms. The molecule has 0 aliphatic carbocycles. The van der Waals surface area contributed by atoms with Crippen LogP contribution in [0.2, 0.25) is 0 Å². The second-order valence-electron chi connectivity index (χ2n) is 8.89. The second kappa shape index (κ2) is 7.57. The van der Waals surface area contributed by atoms with Gasteiger partial charge in [-0.15, -0.1) is 0 Å². The molecule has 2 saturated heterocycles. The topological polar surface area (TPSA) is 97.9 Å². The van der Waals surface area contributed by atoms with Crippen molar-refractivity contribution < 1.29 is 14.3 Å². The van der Waals surface area contributed by atoms with E-state index >= 15 is 0 Å². The molecule has 1 aromatic rings. The van der Waals surface area contributed by atoms with Crippen molar-refractivity contribution in [3.63, 3.8) is 0 Å². The number of hydrogen-bond acceptors (Lipinski definition) is 5. The number of carbonyl (C=O) groups is 2. The number of nitrogens with two attached hydrogens (primary N) is 1. The molecule has 5 atom stereocenters. The Labute approximate surface area is 170 Å². The van der Waals surface area contributed by atoms with Gasteiger partial charge in [0.05, 0.1) is 18.2 Å². The number of morpholine rings is 1. The van der Waals surface area contributed by atoms with E-state index in [4.69, 9.17) is 10.5 Å². The molecule has 8 nitrogen and oxygen atoms in total. The molecule has 0 spiro atoms. The first-order valence-electron chi connectivity index (χ1n) is 10.5. The molecule has 3 aliphatic heterocycles. The van der Waals surface area contributed by atoms with Crippen LogP contribution in [0.4, 0.5) is 0 Å². The molecule has 29 heavy (non-hydrogen) atoms. The molecule has 0 saturated carbocycles. The number of nitrogens with zero attached hydrogens (tertiary/aromatic N) is 3. The van der Waals surface area contributed by atoms with Gasteiger partial charge in [-0.3, -0.25) is 14.4 Å². The van der Waals surface area contributed by atoms with Gasteiger partial charge in [0.1, 0.15) is 5.56 Å². The van der Waals surface area contributed by atoms with Gasteiger partial charge in [0.2, 0.25) is 5.91 Å². The molecule has 8 heteroatoms. The third-order valence-electron chi connectivity index (χ3n) is 6.24. The van der Waals surface area contributed by atoms with Crippen LogP contribution in [0.1, 0.15) is 49.2 Å². The second-order valence-corrected chi connectivity index (χ2v) is 8.89. The Hall–Kier alpha value is -2.19. The molecule has 4 heterocycles. The number of piperidine rings is 1. The number of aromatic nitrogens is 1. The van der Waals surface area contributed by atoms with E-state index in [1.54, 1.807) is 22.5 Å². The van der Waals surface area contributed by atoms with Crippen molar-refractivity contribution in [3.8, 4) is 0 Å². The van der Waals surface area contributed by atoms with E-state index in [1.165, 1.54) is 0 Å². The van der Waals surface area contributed by atoms with Crippen LogP contribution in [0.25, 0.3) is 0 Å². The number of amides is 2. The molecule has 0 radical (unpaired) electrons. The van der Waals surface area contributed by atoms with Crippen LogP contribution in [-0.2, 0) is 16.1 Å². The van der Waals surface area contributed by atoms with Gasteiger partial charge in [-0.05, 0) is 45.2 Å². The highest BCUT2D eigenvalue weighted by Crippen LogP contribution is 2.35. The number of carbonyl (C=O) groups excluding carboxylic acids is 2. The highest BCUT2D eigenvalue weighted by Gasteiger charge is 2.38. The smallest absolute Gasteiger partial charge is 0.263 e. The lowest BCUT2D eigenvalue weighted by atomic mass is 9.82. The number of likely N-dealkylation sites (tertiary alicyclic amines) is 1. The van der Waals surface area contributed by atoms with Crippen molar-refractivity contribution in [2.45, 2.75) is 57.9 Å². The van der Waals surface area contributed by atoms with E-state index in [0.717, 1.165) is 12.1 Å². The Morgan fingerprint density at radius 2 is 1.76 bits per heavy atom. The fourth-order valence-electron chi connectivity index (χ4n) is 5.09. The Morgan fingerprint density at radius 3 is 2.41 bits per heavy atom. The van der Waals surface area contributed by atoms with Crippen molar-refractivity contribution in [3.05, 3.63) is 33.7 Å². The summed E-state index contributed by atoms with van der Waals surface area (Å²) in [6.45, 7) is 8.27. The minimum atomic E-state index is -0.519. The van der Waals surface area contributed by atoms with Crippen LogP contribution >= 0.6 is 0 Å². The van der Waals surface area contributed by atoms with Crippen LogP contribution in [0.5, 0.6) is 0 Å². The van der Waals surface area contributed by atoms with Crippen LogP contribution in [0, 0.1) is 5.92 Å². The molecule has 2 N–H and O–H groups in total. The standard InChI is InChI=1S/C21H30N4O4/c1-12-7-23(8-13(2)29-12)20(27)17-4-5-18-16-6-15(10-25(18)21(17)28)9-24(11-16)19(26)14(3)22/h4-5,12-16H,6-11,22H2,1-3H3/t12-,13+,14-,15-,16+/m0/s1. The van der Waals surface area contributed by atoms with Gasteiger partial charge in [-0.1, -0.05) is 0 Å². The molecule has 4 rings (SSSR count). The summed E-state index contributed by atoms with van der Waals surface area (Å²) in [6.07, 6.45) is 0.861.